The highest BCUT2D eigenvalue weighted by atomic mass is 79.9. The van der Waals surface area contributed by atoms with Gasteiger partial charge in [0.2, 0.25) is 0 Å². The Morgan fingerprint density at radius 1 is 1.18 bits per heavy atom. The van der Waals surface area contributed by atoms with E-state index in [1.807, 2.05) is 0 Å². The van der Waals surface area contributed by atoms with E-state index in [1.54, 1.807) is 0 Å². The molecule has 2 heteroatoms. The van der Waals surface area contributed by atoms with Crippen molar-refractivity contribution in [1.29, 1.82) is 0 Å². The van der Waals surface area contributed by atoms with Gasteiger partial charge in [0.1, 0.15) is 5.75 Å². The van der Waals surface area contributed by atoms with Crippen molar-refractivity contribution in [2.24, 2.45) is 0 Å². The SMILES string of the molecule is Cc1cccc(C(C)(C)C)c1OCCCCBr. The number of rotatable bonds is 5. The molecule has 0 unspecified atom stereocenters. The van der Waals surface area contributed by atoms with Gasteiger partial charge in [0.15, 0.2) is 0 Å². The van der Waals surface area contributed by atoms with Crippen molar-refractivity contribution < 1.29 is 4.74 Å². The Kier molecular flexibility index (Phi) is 5.51. The maximum absolute atomic E-state index is 5.98. The molecule has 0 heterocycles. The van der Waals surface area contributed by atoms with Gasteiger partial charge in [-0.25, -0.2) is 0 Å². The average Bonchev–Trinajstić information content (AvgIpc) is 2.24. The molecule has 0 radical (unpaired) electrons. The number of hydrogen-bond acceptors (Lipinski definition) is 1. The van der Waals surface area contributed by atoms with Crippen molar-refractivity contribution in [2.75, 3.05) is 11.9 Å². The van der Waals surface area contributed by atoms with Gasteiger partial charge in [-0.1, -0.05) is 54.9 Å². The number of ether oxygens (including phenoxy) is 1. The lowest BCUT2D eigenvalue weighted by Gasteiger charge is -2.24. The molecule has 1 aromatic carbocycles. The van der Waals surface area contributed by atoms with Crippen LogP contribution in [0.15, 0.2) is 18.2 Å². The summed E-state index contributed by atoms with van der Waals surface area (Å²) in [5, 5.41) is 1.05. The van der Waals surface area contributed by atoms with Crippen LogP contribution in [0.25, 0.3) is 0 Å². The van der Waals surface area contributed by atoms with Crippen LogP contribution in [-0.2, 0) is 5.41 Å². The minimum Gasteiger partial charge on any atom is -0.493 e. The van der Waals surface area contributed by atoms with Crippen LogP contribution in [0.4, 0.5) is 0 Å². The van der Waals surface area contributed by atoms with Crippen molar-refractivity contribution in [1.82, 2.24) is 0 Å². The Bertz CT molecular complexity index is 352. The Balaban J connectivity index is 2.81. The van der Waals surface area contributed by atoms with Crippen molar-refractivity contribution in [3.05, 3.63) is 29.3 Å². The van der Waals surface area contributed by atoms with E-state index in [4.69, 9.17) is 4.74 Å². The first-order valence-electron chi connectivity index (χ1n) is 6.25. The van der Waals surface area contributed by atoms with E-state index >= 15 is 0 Å². The molecule has 0 bridgehead atoms. The van der Waals surface area contributed by atoms with Gasteiger partial charge in [-0.3, -0.25) is 0 Å². The van der Waals surface area contributed by atoms with Crippen LogP contribution in [0, 0.1) is 6.92 Å². The molecule has 0 aliphatic carbocycles. The molecule has 0 aliphatic heterocycles. The third-order valence-electron chi connectivity index (χ3n) is 2.79. The molecule has 0 aromatic heterocycles. The highest BCUT2D eigenvalue weighted by Gasteiger charge is 2.19. The first-order chi connectivity index (χ1) is 7.96. The molecule has 17 heavy (non-hydrogen) atoms. The molecule has 96 valence electrons. The summed E-state index contributed by atoms with van der Waals surface area (Å²) in [7, 11) is 0. The van der Waals surface area contributed by atoms with Gasteiger partial charge >= 0.3 is 0 Å². The summed E-state index contributed by atoms with van der Waals surface area (Å²) >= 11 is 3.44. The van der Waals surface area contributed by atoms with E-state index in [9.17, 15) is 0 Å². The van der Waals surface area contributed by atoms with Crippen LogP contribution in [-0.4, -0.2) is 11.9 Å². The van der Waals surface area contributed by atoms with Crippen molar-refractivity contribution >= 4 is 15.9 Å². The van der Waals surface area contributed by atoms with Crippen LogP contribution < -0.4 is 4.74 Å². The highest BCUT2D eigenvalue weighted by Crippen LogP contribution is 2.33. The molecule has 0 atom stereocenters. The first kappa shape index (κ1) is 14.6. The zero-order valence-electron chi connectivity index (χ0n) is 11.3. The minimum absolute atomic E-state index is 0.136. The van der Waals surface area contributed by atoms with E-state index < -0.39 is 0 Å². The Labute approximate surface area is 114 Å². The molecule has 0 fully saturated rings. The number of aryl methyl sites for hydroxylation is 1. The summed E-state index contributed by atoms with van der Waals surface area (Å²) < 4.78 is 5.98. The normalized spacial score (nSPS) is 11.6. The van der Waals surface area contributed by atoms with Crippen molar-refractivity contribution in [3.8, 4) is 5.75 Å². The molecule has 1 nitrogen and oxygen atoms in total. The van der Waals surface area contributed by atoms with Crippen LogP contribution in [0.3, 0.4) is 0 Å². The van der Waals surface area contributed by atoms with Gasteiger partial charge in [-0.15, -0.1) is 0 Å². The molecule has 0 saturated carbocycles. The molecule has 0 N–H and O–H groups in total. The van der Waals surface area contributed by atoms with Gasteiger partial charge in [0.05, 0.1) is 6.61 Å². The molecular formula is C15H23BrO. The van der Waals surface area contributed by atoms with Crippen LogP contribution in [0.1, 0.15) is 44.7 Å². The zero-order valence-corrected chi connectivity index (χ0v) is 12.9. The lowest BCUT2D eigenvalue weighted by atomic mass is 9.85. The molecule has 1 rings (SSSR count). The Morgan fingerprint density at radius 2 is 1.88 bits per heavy atom. The van der Waals surface area contributed by atoms with Crippen LogP contribution in [0.5, 0.6) is 5.75 Å². The number of alkyl halides is 1. The van der Waals surface area contributed by atoms with Gasteiger partial charge in [0, 0.05) is 5.33 Å². The maximum atomic E-state index is 5.98. The van der Waals surface area contributed by atoms with Crippen molar-refractivity contribution in [2.45, 2.75) is 46.0 Å². The maximum Gasteiger partial charge on any atom is 0.125 e. The zero-order chi connectivity index (χ0) is 12.9. The van der Waals surface area contributed by atoms with E-state index in [1.165, 1.54) is 11.1 Å². The number of para-hydroxylation sites is 1. The fraction of sp³-hybridized carbons (Fsp3) is 0.600. The average molecular weight is 299 g/mol. The minimum atomic E-state index is 0.136. The molecule has 1 aromatic rings. The highest BCUT2D eigenvalue weighted by molar-refractivity contribution is 9.09. The molecule has 0 saturated heterocycles. The molecular weight excluding hydrogens is 276 g/mol. The van der Waals surface area contributed by atoms with E-state index in [0.29, 0.717) is 0 Å². The Hall–Kier alpha value is -0.500. The van der Waals surface area contributed by atoms with Gasteiger partial charge in [-0.2, -0.15) is 0 Å². The second-order valence-corrected chi connectivity index (χ2v) is 6.24. The summed E-state index contributed by atoms with van der Waals surface area (Å²) in [5.41, 5.74) is 2.67. The number of halogens is 1. The largest absolute Gasteiger partial charge is 0.493 e. The second kappa shape index (κ2) is 6.44. The second-order valence-electron chi connectivity index (χ2n) is 5.45. The van der Waals surface area contributed by atoms with Crippen molar-refractivity contribution in [3.63, 3.8) is 0 Å². The van der Waals surface area contributed by atoms with Crippen LogP contribution >= 0.6 is 15.9 Å². The predicted octanol–water partition coefficient (Wildman–Crippen LogP) is 4.85. The van der Waals surface area contributed by atoms with E-state index in [2.05, 4.69) is 61.8 Å². The smallest absolute Gasteiger partial charge is 0.125 e. The number of unbranched alkanes of at least 4 members (excludes halogenated alkanes) is 1. The summed E-state index contributed by atoms with van der Waals surface area (Å²) in [6.07, 6.45) is 2.26. The standard InChI is InChI=1S/C15H23BrO/c1-12-8-7-9-13(15(2,3)4)14(12)17-11-6-5-10-16/h7-9H,5-6,10-11H2,1-4H3. The van der Waals surface area contributed by atoms with E-state index in [0.717, 1.165) is 30.5 Å². The molecule has 0 spiro atoms. The fourth-order valence-electron chi connectivity index (χ4n) is 1.81. The van der Waals surface area contributed by atoms with Gasteiger partial charge in [0.25, 0.3) is 0 Å². The third-order valence-corrected chi connectivity index (χ3v) is 3.36. The lowest BCUT2D eigenvalue weighted by Crippen LogP contribution is -2.14. The molecule has 0 aliphatic rings. The Morgan fingerprint density at radius 3 is 2.47 bits per heavy atom. The topological polar surface area (TPSA) is 9.23 Å². The monoisotopic (exact) mass is 298 g/mol. The van der Waals surface area contributed by atoms with Gasteiger partial charge < -0.3 is 4.74 Å². The number of benzene rings is 1. The lowest BCUT2D eigenvalue weighted by molar-refractivity contribution is 0.299. The summed E-state index contributed by atoms with van der Waals surface area (Å²) in [5.74, 6) is 1.08. The summed E-state index contributed by atoms with van der Waals surface area (Å²) in [6.45, 7) is 9.61. The van der Waals surface area contributed by atoms with Gasteiger partial charge in [-0.05, 0) is 36.3 Å². The summed E-state index contributed by atoms with van der Waals surface area (Å²) in [4.78, 5) is 0. The summed E-state index contributed by atoms with van der Waals surface area (Å²) in [6, 6.07) is 6.41. The van der Waals surface area contributed by atoms with Crippen LogP contribution in [0.2, 0.25) is 0 Å². The third kappa shape index (κ3) is 4.34. The predicted molar refractivity (Wildman–Crippen MR) is 78.4 cm³/mol. The van der Waals surface area contributed by atoms with E-state index in [-0.39, 0.29) is 5.41 Å². The fourth-order valence-corrected chi connectivity index (χ4v) is 2.20. The first-order valence-corrected chi connectivity index (χ1v) is 7.38. The molecule has 0 amide bonds. The quantitative estimate of drug-likeness (QED) is 0.558. The number of hydrogen-bond donors (Lipinski definition) is 0.